The molecule has 2 aromatic rings. The predicted molar refractivity (Wildman–Crippen MR) is 77.6 cm³/mol. The molecule has 0 heterocycles. The molecule has 0 aliphatic rings. The number of nitrogens with one attached hydrogen (secondary N) is 1. The molecule has 0 saturated heterocycles. The minimum atomic E-state index is -0.999. The molecular weight excluding hydrogens is 256 g/mol. The Labute approximate surface area is 116 Å². The maximum Gasteiger partial charge on any atom is 0.337 e. The number of carboxylic acid groups (broad SMARTS) is 1. The summed E-state index contributed by atoms with van der Waals surface area (Å²) in [5.74, 6) is -0.301. The molecule has 0 aromatic heterocycles. The lowest BCUT2D eigenvalue weighted by Crippen LogP contribution is -2.02. The van der Waals surface area contributed by atoms with Gasteiger partial charge in [0.25, 0.3) is 0 Å². The molecule has 0 bridgehead atoms. The standard InChI is InChI=1S/C15H14N2O3/c1-20-14-9-5-2-6-11(14)10-16-17-13-8-4-3-7-12(13)15(18)19/h2-10,17H,1H3,(H,18,19)/b16-10+. The second kappa shape index (κ2) is 6.38. The van der Waals surface area contributed by atoms with Crippen molar-refractivity contribution in [3.8, 4) is 5.75 Å². The van der Waals surface area contributed by atoms with Crippen molar-refractivity contribution >= 4 is 17.9 Å². The first-order valence-electron chi connectivity index (χ1n) is 5.97. The van der Waals surface area contributed by atoms with Crippen LogP contribution in [0.25, 0.3) is 0 Å². The number of carbonyl (C=O) groups is 1. The molecule has 2 N–H and O–H groups in total. The number of anilines is 1. The van der Waals surface area contributed by atoms with Crippen LogP contribution in [0.2, 0.25) is 0 Å². The largest absolute Gasteiger partial charge is 0.496 e. The summed E-state index contributed by atoms with van der Waals surface area (Å²) in [7, 11) is 1.58. The van der Waals surface area contributed by atoms with Crippen LogP contribution in [0.15, 0.2) is 53.6 Å². The van der Waals surface area contributed by atoms with Crippen molar-refractivity contribution in [3.63, 3.8) is 0 Å². The Morgan fingerprint density at radius 1 is 1.20 bits per heavy atom. The smallest absolute Gasteiger partial charge is 0.337 e. The van der Waals surface area contributed by atoms with Gasteiger partial charge in [-0.2, -0.15) is 5.10 Å². The zero-order chi connectivity index (χ0) is 14.4. The Balaban J connectivity index is 2.16. The molecule has 0 atom stereocenters. The molecule has 2 rings (SSSR count). The fraction of sp³-hybridized carbons (Fsp3) is 0.0667. The third-order valence-electron chi connectivity index (χ3n) is 2.69. The molecule has 5 heteroatoms. The van der Waals surface area contributed by atoms with Crippen molar-refractivity contribution in [1.29, 1.82) is 0 Å². The van der Waals surface area contributed by atoms with Gasteiger partial charge in [0, 0.05) is 5.56 Å². The summed E-state index contributed by atoms with van der Waals surface area (Å²) in [6.07, 6.45) is 1.58. The summed E-state index contributed by atoms with van der Waals surface area (Å²) in [5.41, 5.74) is 4.14. The Bertz CT molecular complexity index is 639. The van der Waals surface area contributed by atoms with Crippen LogP contribution in [-0.2, 0) is 0 Å². The number of methoxy groups -OCH3 is 1. The third-order valence-corrected chi connectivity index (χ3v) is 2.69. The molecule has 0 fully saturated rings. The lowest BCUT2D eigenvalue weighted by atomic mass is 10.2. The van der Waals surface area contributed by atoms with E-state index in [1.54, 1.807) is 31.5 Å². The van der Waals surface area contributed by atoms with Gasteiger partial charge in [0.05, 0.1) is 24.6 Å². The van der Waals surface area contributed by atoms with Crippen molar-refractivity contribution in [1.82, 2.24) is 0 Å². The van der Waals surface area contributed by atoms with Gasteiger partial charge in [-0.25, -0.2) is 4.79 Å². The highest BCUT2D eigenvalue weighted by molar-refractivity contribution is 5.94. The number of ether oxygens (including phenoxy) is 1. The zero-order valence-corrected chi connectivity index (χ0v) is 10.9. The van der Waals surface area contributed by atoms with Crippen molar-refractivity contribution in [2.24, 2.45) is 5.10 Å². The summed E-state index contributed by atoms with van der Waals surface area (Å²) in [6.45, 7) is 0. The van der Waals surface area contributed by atoms with E-state index in [9.17, 15) is 4.79 Å². The average molecular weight is 270 g/mol. The molecule has 5 nitrogen and oxygen atoms in total. The van der Waals surface area contributed by atoms with Crippen molar-refractivity contribution in [2.45, 2.75) is 0 Å². The maximum atomic E-state index is 11.0. The van der Waals surface area contributed by atoms with Gasteiger partial charge in [0.1, 0.15) is 5.75 Å². The summed E-state index contributed by atoms with van der Waals surface area (Å²) in [4.78, 5) is 11.0. The summed E-state index contributed by atoms with van der Waals surface area (Å²) in [6, 6.07) is 14.0. The van der Waals surface area contributed by atoms with Gasteiger partial charge < -0.3 is 9.84 Å². The zero-order valence-electron chi connectivity index (χ0n) is 10.9. The fourth-order valence-electron chi connectivity index (χ4n) is 1.71. The maximum absolute atomic E-state index is 11.0. The predicted octanol–water partition coefficient (Wildman–Crippen LogP) is 2.84. The first-order chi connectivity index (χ1) is 9.72. The van der Waals surface area contributed by atoms with E-state index in [0.717, 1.165) is 5.56 Å². The molecule has 0 radical (unpaired) electrons. The highest BCUT2D eigenvalue weighted by Gasteiger charge is 2.07. The van der Waals surface area contributed by atoms with Gasteiger partial charge in [-0.15, -0.1) is 0 Å². The van der Waals surface area contributed by atoms with Gasteiger partial charge in [-0.05, 0) is 24.3 Å². The van der Waals surface area contributed by atoms with Crippen LogP contribution in [0, 0.1) is 0 Å². The van der Waals surface area contributed by atoms with E-state index in [1.807, 2.05) is 24.3 Å². The van der Waals surface area contributed by atoms with E-state index in [1.165, 1.54) is 6.07 Å². The van der Waals surface area contributed by atoms with Crippen LogP contribution in [0.1, 0.15) is 15.9 Å². The van der Waals surface area contributed by atoms with Crippen LogP contribution >= 0.6 is 0 Å². The molecule has 0 spiro atoms. The second-order valence-electron chi connectivity index (χ2n) is 3.96. The van der Waals surface area contributed by atoms with Crippen LogP contribution in [-0.4, -0.2) is 24.4 Å². The quantitative estimate of drug-likeness (QED) is 0.647. The molecule has 0 aliphatic heterocycles. The monoisotopic (exact) mass is 270 g/mol. The number of nitrogens with zero attached hydrogens (tertiary/aromatic N) is 1. The van der Waals surface area contributed by atoms with E-state index >= 15 is 0 Å². The highest BCUT2D eigenvalue weighted by Crippen LogP contribution is 2.16. The minimum absolute atomic E-state index is 0.171. The SMILES string of the molecule is COc1ccccc1/C=N/Nc1ccccc1C(=O)O. The molecular formula is C15H14N2O3. The Kier molecular flexibility index (Phi) is 4.34. The van der Waals surface area contributed by atoms with Crippen LogP contribution in [0.3, 0.4) is 0 Å². The van der Waals surface area contributed by atoms with Crippen LogP contribution in [0.5, 0.6) is 5.75 Å². The number of benzene rings is 2. The Hall–Kier alpha value is -2.82. The van der Waals surface area contributed by atoms with Gasteiger partial charge >= 0.3 is 5.97 Å². The summed E-state index contributed by atoms with van der Waals surface area (Å²) >= 11 is 0. The highest BCUT2D eigenvalue weighted by atomic mass is 16.5. The van der Waals surface area contributed by atoms with Gasteiger partial charge in [0.2, 0.25) is 0 Å². The lowest BCUT2D eigenvalue weighted by Gasteiger charge is -2.05. The number of carboxylic acids is 1. The molecule has 0 saturated carbocycles. The summed E-state index contributed by atoms with van der Waals surface area (Å²) < 4.78 is 5.20. The summed E-state index contributed by atoms with van der Waals surface area (Å²) in [5, 5.41) is 13.1. The third kappa shape index (κ3) is 3.14. The minimum Gasteiger partial charge on any atom is -0.496 e. The molecule has 0 unspecified atom stereocenters. The average Bonchev–Trinajstić information content (AvgIpc) is 2.48. The molecule has 102 valence electrons. The topological polar surface area (TPSA) is 70.9 Å². The fourth-order valence-corrected chi connectivity index (χ4v) is 1.71. The van der Waals surface area contributed by atoms with E-state index in [0.29, 0.717) is 11.4 Å². The number of hydrazone groups is 1. The van der Waals surface area contributed by atoms with E-state index in [2.05, 4.69) is 10.5 Å². The van der Waals surface area contributed by atoms with E-state index < -0.39 is 5.97 Å². The first kappa shape index (κ1) is 13.6. The number of rotatable bonds is 5. The Morgan fingerprint density at radius 2 is 1.90 bits per heavy atom. The lowest BCUT2D eigenvalue weighted by molar-refractivity contribution is 0.0698. The number of aromatic carboxylic acids is 1. The first-order valence-corrected chi connectivity index (χ1v) is 5.97. The number of hydrogen-bond donors (Lipinski definition) is 2. The molecule has 0 amide bonds. The van der Waals surface area contributed by atoms with Crippen molar-refractivity contribution in [2.75, 3.05) is 12.5 Å². The van der Waals surface area contributed by atoms with Gasteiger partial charge in [0.15, 0.2) is 0 Å². The number of para-hydroxylation sites is 2. The van der Waals surface area contributed by atoms with Crippen LogP contribution < -0.4 is 10.2 Å². The normalized spacial score (nSPS) is 10.4. The second-order valence-corrected chi connectivity index (χ2v) is 3.96. The van der Waals surface area contributed by atoms with Crippen molar-refractivity contribution < 1.29 is 14.6 Å². The molecule has 2 aromatic carbocycles. The van der Waals surface area contributed by atoms with Crippen LogP contribution in [0.4, 0.5) is 5.69 Å². The van der Waals surface area contributed by atoms with E-state index in [-0.39, 0.29) is 5.56 Å². The Morgan fingerprint density at radius 3 is 2.65 bits per heavy atom. The van der Waals surface area contributed by atoms with E-state index in [4.69, 9.17) is 9.84 Å². The number of hydrogen-bond acceptors (Lipinski definition) is 4. The van der Waals surface area contributed by atoms with Gasteiger partial charge in [-0.1, -0.05) is 24.3 Å². The van der Waals surface area contributed by atoms with Gasteiger partial charge in [-0.3, -0.25) is 5.43 Å². The molecule has 20 heavy (non-hydrogen) atoms. The molecule has 0 aliphatic carbocycles. The van der Waals surface area contributed by atoms with Crippen molar-refractivity contribution in [3.05, 3.63) is 59.7 Å².